The number of amides is 1. The van der Waals surface area contributed by atoms with Gasteiger partial charge in [0.25, 0.3) is 5.95 Å². The lowest BCUT2D eigenvalue weighted by molar-refractivity contribution is -0.115. The first-order valence-corrected chi connectivity index (χ1v) is 8.61. The van der Waals surface area contributed by atoms with E-state index in [1.807, 2.05) is 19.0 Å². The van der Waals surface area contributed by atoms with Gasteiger partial charge in [0.2, 0.25) is 23.0 Å². The Labute approximate surface area is 148 Å². The van der Waals surface area contributed by atoms with E-state index < -0.39 is 5.91 Å². The molecule has 134 valence electrons. The van der Waals surface area contributed by atoms with E-state index in [1.165, 1.54) is 11.0 Å². The van der Waals surface area contributed by atoms with Gasteiger partial charge in [-0.2, -0.15) is 19.6 Å². The maximum Gasteiger partial charge on any atom is 0.258 e. The highest BCUT2D eigenvalue weighted by Crippen LogP contribution is 2.17. The second-order valence-corrected chi connectivity index (χ2v) is 6.40. The zero-order valence-corrected chi connectivity index (χ0v) is 14.8. The van der Waals surface area contributed by atoms with Gasteiger partial charge in [0.1, 0.15) is 6.33 Å². The van der Waals surface area contributed by atoms with Crippen LogP contribution in [0.3, 0.4) is 0 Å². The molecule has 1 saturated heterocycles. The molecule has 0 aromatic carbocycles. The topological polar surface area (TPSA) is 128 Å². The number of primary amides is 1. The summed E-state index contributed by atoms with van der Waals surface area (Å²) < 4.78 is 6.83. The van der Waals surface area contributed by atoms with E-state index in [4.69, 9.17) is 10.5 Å². The average molecular weight is 365 g/mol. The number of nitrogens with zero attached hydrogens (tertiary/aromatic N) is 8. The second kappa shape index (κ2) is 7.61. The molecule has 0 unspecified atom stereocenters. The standard InChI is InChI=1S/C13H19N9O2S/c1-20(2)10-16-11(21-3-5-24-6-4-21)18-12(17-10)22-8-15-13(19-22)25-7-9(14)23/h8H,3-7H2,1-2H3,(H2,14,23). The molecule has 1 amide bonds. The molecule has 12 heteroatoms. The van der Waals surface area contributed by atoms with Gasteiger partial charge >= 0.3 is 0 Å². The van der Waals surface area contributed by atoms with Crippen LogP contribution in [0.4, 0.5) is 11.9 Å². The Morgan fingerprint density at radius 1 is 1.28 bits per heavy atom. The van der Waals surface area contributed by atoms with Gasteiger partial charge in [-0.25, -0.2) is 4.98 Å². The molecule has 0 bridgehead atoms. The van der Waals surface area contributed by atoms with Gasteiger partial charge in [-0.1, -0.05) is 11.8 Å². The highest BCUT2D eigenvalue weighted by atomic mass is 32.2. The minimum Gasteiger partial charge on any atom is -0.378 e. The number of morpholine rings is 1. The van der Waals surface area contributed by atoms with Gasteiger partial charge in [0.15, 0.2) is 0 Å². The molecule has 1 aliphatic rings. The lowest BCUT2D eigenvalue weighted by atomic mass is 10.4. The Kier molecular flexibility index (Phi) is 5.28. The number of carbonyl (C=O) groups excluding carboxylic acids is 1. The summed E-state index contributed by atoms with van der Waals surface area (Å²) in [5.74, 6) is 1.14. The molecule has 1 fully saturated rings. The SMILES string of the molecule is CN(C)c1nc(N2CCOCC2)nc(-n2cnc(SCC(N)=O)n2)n1. The first-order valence-electron chi connectivity index (χ1n) is 7.62. The van der Waals surface area contributed by atoms with E-state index in [9.17, 15) is 4.79 Å². The van der Waals surface area contributed by atoms with Crippen molar-refractivity contribution in [2.75, 3.05) is 56.0 Å². The number of aromatic nitrogens is 6. The third-order valence-electron chi connectivity index (χ3n) is 3.31. The molecule has 3 heterocycles. The zero-order chi connectivity index (χ0) is 17.8. The van der Waals surface area contributed by atoms with Crippen molar-refractivity contribution in [2.24, 2.45) is 5.73 Å². The molecule has 3 rings (SSSR count). The van der Waals surface area contributed by atoms with Gasteiger partial charge in [0.05, 0.1) is 19.0 Å². The fourth-order valence-corrected chi connectivity index (χ4v) is 2.64. The number of hydrogen-bond donors (Lipinski definition) is 1. The van der Waals surface area contributed by atoms with Crippen LogP contribution in [0.5, 0.6) is 0 Å². The lowest BCUT2D eigenvalue weighted by Crippen LogP contribution is -2.38. The van der Waals surface area contributed by atoms with Crippen LogP contribution in [0.25, 0.3) is 5.95 Å². The molecular weight excluding hydrogens is 346 g/mol. The van der Waals surface area contributed by atoms with Gasteiger partial charge in [0, 0.05) is 27.2 Å². The first-order chi connectivity index (χ1) is 12.0. The largest absolute Gasteiger partial charge is 0.378 e. The predicted molar refractivity (Wildman–Crippen MR) is 92.0 cm³/mol. The highest BCUT2D eigenvalue weighted by Gasteiger charge is 2.18. The summed E-state index contributed by atoms with van der Waals surface area (Å²) >= 11 is 1.16. The fraction of sp³-hybridized carbons (Fsp3) is 0.538. The van der Waals surface area contributed by atoms with Crippen LogP contribution in [-0.4, -0.2) is 81.8 Å². The highest BCUT2D eigenvalue weighted by molar-refractivity contribution is 7.99. The average Bonchev–Trinajstić information content (AvgIpc) is 3.09. The van der Waals surface area contributed by atoms with Crippen LogP contribution in [0, 0.1) is 0 Å². The number of rotatable bonds is 6. The van der Waals surface area contributed by atoms with Crippen molar-refractivity contribution in [1.82, 2.24) is 29.7 Å². The normalized spacial score (nSPS) is 14.6. The van der Waals surface area contributed by atoms with Gasteiger partial charge in [-0.05, 0) is 0 Å². The number of carbonyl (C=O) groups is 1. The van der Waals surface area contributed by atoms with Crippen molar-refractivity contribution in [3.8, 4) is 5.95 Å². The van der Waals surface area contributed by atoms with Gasteiger partial charge in [-0.3, -0.25) is 4.79 Å². The Bertz CT molecular complexity index is 745. The van der Waals surface area contributed by atoms with Crippen molar-refractivity contribution < 1.29 is 9.53 Å². The summed E-state index contributed by atoms with van der Waals surface area (Å²) in [6.07, 6.45) is 1.50. The molecule has 11 nitrogen and oxygen atoms in total. The van der Waals surface area contributed by atoms with Crippen molar-refractivity contribution in [2.45, 2.75) is 5.16 Å². The summed E-state index contributed by atoms with van der Waals surface area (Å²) in [4.78, 5) is 32.3. The second-order valence-electron chi connectivity index (χ2n) is 5.46. The number of thioether (sulfide) groups is 1. The molecule has 2 N–H and O–H groups in total. The molecule has 25 heavy (non-hydrogen) atoms. The number of nitrogens with two attached hydrogens (primary N) is 1. The van der Waals surface area contributed by atoms with E-state index in [1.54, 1.807) is 4.90 Å². The molecular formula is C13H19N9O2S. The van der Waals surface area contributed by atoms with E-state index in [-0.39, 0.29) is 5.75 Å². The van der Waals surface area contributed by atoms with Crippen LogP contribution in [-0.2, 0) is 9.53 Å². The van der Waals surface area contributed by atoms with Gasteiger partial charge < -0.3 is 20.3 Å². The molecule has 1 aliphatic heterocycles. The molecule has 0 radical (unpaired) electrons. The van der Waals surface area contributed by atoms with Gasteiger partial charge in [-0.15, -0.1) is 5.10 Å². The van der Waals surface area contributed by atoms with Crippen LogP contribution < -0.4 is 15.5 Å². The monoisotopic (exact) mass is 365 g/mol. The molecule has 0 saturated carbocycles. The van der Waals surface area contributed by atoms with E-state index in [0.29, 0.717) is 49.3 Å². The molecule has 0 aliphatic carbocycles. The smallest absolute Gasteiger partial charge is 0.258 e. The van der Waals surface area contributed by atoms with Crippen molar-refractivity contribution in [3.05, 3.63) is 6.33 Å². The predicted octanol–water partition coefficient (Wildman–Crippen LogP) is -1.07. The Morgan fingerprint density at radius 2 is 2.00 bits per heavy atom. The van der Waals surface area contributed by atoms with Crippen LogP contribution in [0.2, 0.25) is 0 Å². The summed E-state index contributed by atoms with van der Waals surface area (Å²) in [6, 6.07) is 0. The summed E-state index contributed by atoms with van der Waals surface area (Å²) in [6.45, 7) is 2.70. The molecule has 2 aromatic rings. The van der Waals surface area contributed by atoms with Crippen molar-refractivity contribution in [3.63, 3.8) is 0 Å². The van der Waals surface area contributed by atoms with E-state index in [0.717, 1.165) is 11.8 Å². The summed E-state index contributed by atoms with van der Waals surface area (Å²) in [5, 5.41) is 4.71. The first kappa shape index (κ1) is 17.4. The van der Waals surface area contributed by atoms with E-state index in [2.05, 4.69) is 25.0 Å². The molecule has 0 spiro atoms. The quantitative estimate of drug-likeness (QED) is 0.632. The fourth-order valence-electron chi connectivity index (χ4n) is 2.10. The number of ether oxygens (including phenoxy) is 1. The number of hydrogen-bond acceptors (Lipinski definition) is 10. The zero-order valence-electron chi connectivity index (χ0n) is 14.0. The van der Waals surface area contributed by atoms with Crippen molar-refractivity contribution >= 4 is 29.6 Å². The minimum absolute atomic E-state index is 0.114. The Hall–Kier alpha value is -2.47. The van der Waals surface area contributed by atoms with Crippen LogP contribution in [0.15, 0.2) is 11.5 Å². The minimum atomic E-state index is -0.425. The van der Waals surface area contributed by atoms with Crippen molar-refractivity contribution in [1.29, 1.82) is 0 Å². The number of anilines is 2. The Balaban J connectivity index is 1.89. The molecule has 0 atom stereocenters. The maximum atomic E-state index is 10.9. The van der Waals surface area contributed by atoms with Crippen LogP contribution in [0.1, 0.15) is 0 Å². The maximum absolute atomic E-state index is 10.9. The third-order valence-corrected chi connectivity index (χ3v) is 4.19. The third kappa shape index (κ3) is 4.33. The lowest BCUT2D eigenvalue weighted by Gasteiger charge is -2.27. The van der Waals surface area contributed by atoms with E-state index >= 15 is 0 Å². The summed E-state index contributed by atoms with van der Waals surface area (Å²) in [7, 11) is 3.72. The summed E-state index contributed by atoms with van der Waals surface area (Å²) in [5.41, 5.74) is 5.14. The Morgan fingerprint density at radius 3 is 2.68 bits per heavy atom. The van der Waals surface area contributed by atoms with Crippen LogP contribution >= 0.6 is 11.8 Å². The molecule has 2 aromatic heterocycles.